The fourth-order valence-electron chi connectivity index (χ4n) is 2.52. The van der Waals surface area contributed by atoms with Crippen molar-refractivity contribution in [1.29, 1.82) is 0 Å². The molecule has 1 N–H and O–H groups in total. The normalized spacial score (nSPS) is 13.3. The Kier molecular flexibility index (Phi) is 4.04. The average molecular weight is 296 g/mol. The predicted molar refractivity (Wildman–Crippen MR) is 86.4 cm³/mol. The van der Waals surface area contributed by atoms with Gasteiger partial charge in [0.1, 0.15) is 0 Å². The lowest BCUT2D eigenvalue weighted by Gasteiger charge is -2.17. The van der Waals surface area contributed by atoms with Crippen LogP contribution in [-0.2, 0) is 6.42 Å². The van der Waals surface area contributed by atoms with E-state index in [1.165, 1.54) is 5.56 Å². The van der Waals surface area contributed by atoms with E-state index < -0.39 is 0 Å². The lowest BCUT2D eigenvalue weighted by molar-refractivity contribution is 0.0948. The Labute approximate surface area is 130 Å². The van der Waals surface area contributed by atoms with Gasteiger partial charge in [0.2, 0.25) is 5.95 Å². The molecule has 0 atom stereocenters. The minimum atomic E-state index is -0.123. The summed E-state index contributed by atoms with van der Waals surface area (Å²) in [5.74, 6) is 0.942. The third kappa shape index (κ3) is 2.93. The lowest BCUT2D eigenvalue weighted by Crippen LogP contribution is -2.27. The molecule has 5 nitrogen and oxygen atoms in total. The Morgan fingerprint density at radius 3 is 2.73 bits per heavy atom. The van der Waals surface area contributed by atoms with Gasteiger partial charge in [-0.15, -0.1) is 0 Å². The molecule has 0 radical (unpaired) electrons. The number of benzene rings is 1. The molecule has 1 aliphatic rings. The number of carbonyl (C=O) groups excluding carboxylic acids is 1. The molecular formula is C17H20N4O. The number of nitrogens with one attached hydrogen (secondary N) is 1. The van der Waals surface area contributed by atoms with Gasteiger partial charge in [0, 0.05) is 31.2 Å². The molecule has 0 aliphatic carbocycles. The zero-order valence-corrected chi connectivity index (χ0v) is 12.9. The molecule has 0 unspecified atom stereocenters. The summed E-state index contributed by atoms with van der Waals surface area (Å²) in [5.41, 5.74) is 2.96. The molecule has 1 aliphatic heterocycles. The Hall–Kier alpha value is -2.43. The van der Waals surface area contributed by atoms with Gasteiger partial charge in [-0.05, 0) is 24.0 Å². The molecule has 3 rings (SSSR count). The van der Waals surface area contributed by atoms with E-state index in [1.54, 1.807) is 12.4 Å². The van der Waals surface area contributed by atoms with Gasteiger partial charge < -0.3 is 10.2 Å². The first kappa shape index (κ1) is 14.5. The number of rotatable bonds is 4. The number of para-hydroxylation sites is 1. The highest BCUT2D eigenvalue weighted by atomic mass is 16.1. The first-order chi connectivity index (χ1) is 10.6. The Balaban J connectivity index is 1.74. The molecule has 0 saturated heterocycles. The summed E-state index contributed by atoms with van der Waals surface area (Å²) in [4.78, 5) is 22.8. The lowest BCUT2D eigenvalue weighted by atomic mass is 10.2. The molecule has 0 fully saturated rings. The maximum atomic E-state index is 12.0. The van der Waals surface area contributed by atoms with Crippen molar-refractivity contribution in [3.63, 3.8) is 0 Å². The van der Waals surface area contributed by atoms with Crippen molar-refractivity contribution in [3.8, 4) is 0 Å². The second kappa shape index (κ2) is 6.13. The molecule has 1 aromatic carbocycles. The quantitative estimate of drug-likeness (QED) is 0.942. The zero-order valence-electron chi connectivity index (χ0n) is 12.9. The van der Waals surface area contributed by atoms with E-state index in [9.17, 15) is 4.79 Å². The highest BCUT2D eigenvalue weighted by molar-refractivity contribution is 5.93. The SMILES string of the molecule is CC(C)CNC(=O)c1cnc(N2CCc3ccccc32)nc1. The maximum absolute atomic E-state index is 12.0. The van der Waals surface area contributed by atoms with Gasteiger partial charge in [0.15, 0.2) is 0 Å². The Bertz CT molecular complexity index is 667. The number of amides is 1. The molecule has 2 heterocycles. The molecule has 0 saturated carbocycles. The van der Waals surface area contributed by atoms with Crippen LogP contribution in [0.4, 0.5) is 11.6 Å². The van der Waals surface area contributed by atoms with Crippen molar-refractivity contribution in [2.45, 2.75) is 20.3 Å². The molecule has 22 heavy (non-hydrogen) atoms. The fourth-order valence-corrected chi connectivity index (χ4v) is 2.52. The van der Waals surface area contributed by atoms with E-state index in [2.05, 4.69) is 46.2 Å². The number of hydrogen-bond acceptors (Lipinski definition) is 4. The molecule has 5 heteroatoms. The van der Waals surface area contributed by atoms with E-state index in [0.29, 0.717) is 24.0 Å². The highest BCUT2D eigenvalue weighted by Crippen LogP contribution is 2.31. The van der Waals surface area contributed by atoms with Crippen LogP contribution in [0.5, 0.6) is 0 Å². The number of aromatic nitrogens is 2. The first-order valence-corrected chi connectivity index (χ1v) is 7.61. The predicted octanol–water partition coefficient (Wildman–Crippen LogP) is 2.56. The van der Waals surface area contributed by atoms with Gasteiger partial charge in [-0.1, -0.05) is 32.0 Å². The van der Waals surface area contributed by atoms with E-state index in [1.807, 2.05) is 12.1 Å². The smallest absolute Gasteiger partial charge is 0.254 e. The minimum absolute atomic E-state index is 0.123. The van der Waals surface area contributed by atoms with E-state index in [0.717, 1.165) is 18.7 Å². The minimum Gasteiger partial charge on any atom is -0.352 e. The van der Waals surface area contributed by atoms with Crippen LogP contribution < -0.4 is 10.2 Å². The summed E-state index contributed by atoms with van der Waals surface area (Å²) in [6.45, 7) is 5.65. The van der Waals surface area contributed by atoms with E-state index in [-0.39, 0.29) is 5.91 Å². The number of carbonyl (C=O) groups is 1. The van der Waals surface area contributed by atoms with E-state index >= 15 is 0 Å². The standard InChI is InChI=1S/C17H20N4O/c1-12(2)9-18-16(22)14-10-19-17(20-11-14)21-8-7-13-5-3-4-6-15(13)21/h3-6,10-12H,7-9H2,1-2H3,(H,18,22). The van der Waals surface area contributed by atoms with Crippen LogP contribution >= 0.6 is 0 Å². The van der Waals surface area contributed by atoms with Crippen LogP contribution in [0.1, 0.15) is 29.8 Å². The molecule has 114 valence electrons. The second-order valence-electron chi connectivity index (χ2n) is 5.91. The third-order valence-corrected chi connectivity index (χ3v) is 3.70. The summed E-state index contributed by atoms with van der Waals surface area (Å²) >= 11 is 0. The van der Waals surface area contributed by atoms with Crippen molar-refractivity contribution in [3.05, 3.63) is 47.8 Å². The third-order valence-electron chi connectivity index (χ3n) is 3.70. The molecule has 1 aromatic heterocycles. The molecule has 0 spiro atoms. The summed E-state index contributed by atoms with van der Waals surface area (Å²) in [5, 5.41) is 2.87. The molecule has 0 bridgehead atoms. The average Bonchev–Trinajstić information content (AvgIpc) is 2.97. The van der Waals surface area contributed by atoms with Crippen LogP contribution in [0.15, 0.2) is 36.7 Å². The van der Waals surface area contributed by atoms with Crippen LogP contribution in [0.25, 0.3) is 0 Å². The molecule has 2 aromatic rings. The molecular weight excluding hydrogens is 276 g/mol. The number of fused-ring (bicyclic) bond motifs is 1. The van der Waals surface area contributed by atoms with Crippen molar-refractivity contribution >= 4 is 17.5 Å². The van der Waals surface area contributed by atoms with Gasteiger partial charge in [-0.25, -0.2) is 9.97 Å². The van der Waals surface area contributed by atoms with Gasteiger partial charge >= 0.3 is 0 Å². The van der Waals surface area contributed by atoms with Gasteiger partial charge in [0.05, 0.1) is 5.56 Å². The summed E-state index contributed by atoms with van der Waals surface area (Å²) in [7, 11) is 0. The highest BCUT2D eigenvalue weighted by Gasteiger charge is 2.21. The molecule has 1 amide bonds. The van der Waals surface area contributed by atoms with Crippen molar-refractivity contribution < 1.29 is 4.79 Å². The van der Waals surface area contributed by atoms with Crippen LogP contribution in [0.2, 0.25) is 0 Å². The largest absolute Gasteiger partial charge is 0.352 e. The summed E-state index contributed by atoms with van der Waals surface area (Å²) in [6.07, 6.45) is 4.19. The fraction of sp³-hybridized carbons (Fsp3) is 0.353. The Morgan fingerprint density at radius 2 is 2.00 bits per heavy atom. The van der Waals surface area contributed by atoms with E-state index in [4.69, 9.17) is 0 Å². The number of hydrogen-bond donors (Lipinski definition) is 1. The zero-order chi connectivity index (χ0) is 15.5. The van der Waals surface area contributed by atoms with Gasteiger partial charge in [-0.2, -0.15) is 0 Å². The van der Waals surface area contributed by atoms with Gasteiger partial charge in [-0.3, -0.25) is 4.79 Å². The maximum Gasteiger partial charge on any atom is 0.254 e. The monoisotopic (exact) mass is 296 g/mol. The van der Waals surface area contributed by atoms with Gasteiger partial charge in [0.25, 0.3) is 5.91 Å². The number of anilines is 2. The van der Waals surface area contributed by atoms with Crippen molar-refractivity contribution in [2.75, 3.05) is 18.0 Å². The summed E-state index contributed by atoms with van der Waals surface area (Å²) in [6, 6.07) is 8.27. The van der Waals surface area contributed by atoms with Crippen molar-refractivity contribution in [2.24, 2.45) is 5.92 Å². The van der Waals surface area contributed by atoms with Crippen molar-refractivity contribution in [1.82, 2.24) is 15.3 Å². The number of nitrogens with zero attached hydrogens (tertiary/aromatic N) is 3. The van der Waals surface area contributed by atoms with Crippen LogP contribution in [0, 0.1) is 5.92 Å². The Morgan fingerprint density at radius 1 is 1.27 bits per heavy atom. The topological polar surface area (TPSA) is 58.1 Å². The summed E-state index contributed by atoms with van der Waals surface area (Å²) < 4.78 is 0. The van der Waals surface area contributed by atoms with Crippen LogP contribution in [-0.4, -0.2) is 29.0 Å². The second-order valence-corrected chi connectivity index (χ2v) is 5.91. The first-order valence-electron chi connectivity index (χ1n) is 7.61. The van der Waals surface area contributed by atoms with Crippen LogP contribution in [0.3, 0.4) is 0 Å².